The number of nitrogens with one attached hydrogen (secondary N) is 1. The lowest BCUT2D eigenvalue weighted by Crippen LogP contribution is -2.19. The summed E-state index contributed by atoms with van der Waals surface area (Å²) in [6, 6.07) is 16.3. The van der Waals surface area contributed by atoms with Gasteiger partial charge >= 0.3 is 0 Å². The highest BCUT2D eigenvalue weighted by atomic mass is 35.5. The van der Waals surface area contributed by atoms with Gasteiger partial charge in [-0.15, -0.1) is 11.3 Å². The van der Waals surface area contributed by atoms with Gasteiger partial charge in [0.1, 0.15) is 22.3 Å². The number of nitrogens with zero attached hydrogens (tertiary/aromatic N) is 3. The highest BCUT2D eigenvalue weighted by Gasteiger charge is 2.23. The van der Waals surface area contributed by atoms with Crippen LogP contribution >= 0.6 is 22.9 Å². The summed E-state index contributed by atoms with van der Waals surface area (Å²) in [5, 5.41) is 5.17. The Morgan fingerprint density at radius 2 is 1.94 bits per heavy atom. The summed E-state index contributed by atoms with van der Waals surface area (Å²) in [4.78, 5) is 2.06. The normalized spacial score (nSPS) is 11.8. The summed E-state index contributed by atoms with van der Waals surface area (Å²) in [7, 11) is 1.67. The van der Waals surface area contributed by atoms with Gasteiger partial charge in [-0.2, -0.15) is 5.10 Å². The van der Waals surface area contributed by atoms with Crippen LogP contribution in [0.2, 0.25) is 4.34 Å². The number of benzene rings is 2. The number of hydrogen-bond acceptors (Lipinski definition) is 7. The van der Waals surface area contributed by atoms with Crippen molar-refractivity contribution >= 4 is 49.7 Å². The van der Waals surface area contributed by atoms with Gasteiger partial charge in [-0.25, -0.2) is 8.42 Å². The van der Waals surface area contributed by atoms with E-state index in [1.807, 2.05) is 50.5 Å². The first-order valence-electron chi connectivity index (χ1n) is 10.4. The molecule has 0 radical (unpaired) electrons. The molecule has 0 fully saturated rings. The minimum Gasteiger partial charge on any atom is -0.496 e. The van der Waals surface area contributed by atoms with Gasteiger partial charge < -0.3 is 14.4 Å². The maximum Gasteiger partial charge on any atom is 0.272 e. The van der Waals surface area contributed by atoms with Crippen molar-refractivity contribution in [1.29, 1.82) is 0 Å². The number of fused-ring (bicyclic) bond motifs is 1. The average molecular weight is 521 g/mol. The Balaban J connectivity index is 1.67. The fraction of sp³-hybridized carbons (Fsp3) is 0.261. The van der Waals surface area contributed by atoms with Crippen molar-refractivity contribution in [3.63, 3.8) is 0 Å². The third-order valence-electron chi connectivity index (χ3n) is 5.04. The fourth-order valence-electron chi connectivity index (χ4n) is 3.43. The van der Waals surface area contributed by atoms with E-state index in [1.54, 1.807) is 16.8 Å². The molecule has 4 rings (SSSR count). The molecule has 1 N–H and O–H groups in total. The first-order valence-corrected chi connectivity index (χ1v) is 13.1. The largest absolute Gasteiger partial charge is 0.496 e. The summed E-state index contributed by atoms with van der Waals surface area (Å²) in [5.41, 5.74) is 1.70. The first kappa shape index (κ1) is 24.3. The molecule has 0 amide bonds. The number of rotatable bonds is 10. The second-order valence-electron chi connectivity index (χ2n) is 7.82. The van der Waals surface area contributed by atoms with E-state index in [4.69, 9.17) is 21.1 Å². The summed E-state index contributed by atoms with van der Waals surface area (Å²) in [6.45, 7) is 1.81. The molecule has 2 aromatic carbocycles. The molecule has 180 valence electrons. The molecule has 2 heterocycles. The van der Waals surface area contributed by atoms with E-state index in [2.05, 4.69) is 14.7 Å². The Bertz CT molecular complexity index is 1400. The summed E-state index contributed by atoms with van der Waals surface area (Å²) in [6.07, 6.45) is 0. The van der Waals surface area contributed by atoms with Crippen molar-refractivity contribution in [3.05, 3.63) is 64.5 Å². The van der Waals surface area contributed by atoms with Gasteiger partial charge in [0.05, 0.1) is 28.9 Å². The standard InChI is InChI=1S/C23H25ClN4O4S2/c1-27(2)12-13-32-17-7-4-6-16(14-17)15-28-18-8-5-9-19(31-3)22(18)23(25-28)26-34(29,30)21-11-10-20(24)33-21/h4-11,14H,12-13,15H2,1-3H3,(H,25,26). The fourth-order valence-corrected chi connectivity index (χ4v) is 5.92. The van der Waals surface area contributed by atoms with Crippen LogP contribution in [0, 0.1) is 0 Å². The molecule has 0 atom stereocenters. The molecule has 0 bridgehead atoms. The van der Waals surface area contributed by atoms with Gasteiger partial charge in [0.15, 0.2) is 5.82 Å². The number of ether oxygens (including phenoxy) is 2. The highest BCUT2D eigenvalue weighted by molar-refractivity contribution is 7.94. The number of thiophene rings is 1. The molecule has 0 spiro atoms. The lowest BCUT2D eigenvalue weighted by molar-refractivity contribution is 0.261. The molecule has 2 aromatic heterocycles. The Morgan fingerprint density at radius 1 is 1.15 bits per heavy atom. The molecule has 0 unspecified atom stereocenters. The predicted octanol–water partition coefficient (Wildman–Crippen LogP) is 4.55. The van der Waals surface area contributed by atoms with Crippen LogP contribution in [-0.2, 0) is 16.6 Å². The van der Waals surface area contributed by atoms with E-state index in [0.717, 1.165) is 34.7 Å². The molecule has 0 aliphatic rings. The zero-order valence-electron chi connectivity index (χ0n) is 19.0. The van der Waals surface area contributed by atoms with Crippen molar-refractivity contribution in [1.82, 2.24) is 14.7 Å². The molecule has 4 aromatic rings. The van der Waals surface area contributed by atoms with Gasteiger partial charge in [0, 0.05) is 6.54 Å². The van der Waals surface area contributed by atoms with Crippen molar-refractivity contribution in [3.8, 4) is 11.5 Å². The summed E-state index contributed by atoms with van der Waals surface area (Å²) < 4.78 is 42.1. The van der Waals surface area contributed by atoms with E-state index in [0.29, 0.717) is 28.6 Å². The van der Waals surface area contributed by atoms with E-state index in [-0.39, 0.29) is 10.0 Å². The Kier molecular flexibility index (Phi) is 7.32. The van der Waals surface area contributed by atoms with Crippen LogP contribution in [0.3, 0.4) is 0 Å². The predicted molar refractivity (Wildman–Crippen MR) is 136 cm³/mol. The molecule has 0 saturated carbocycles. The molecule has 0 saturated heterocycles. The number of aromatic nitrogens is 2. The van der Waals surface area contributed by atoms with E-state index in [9.17, 15) is 8.42 Å². The van der Waals surface area contributed by atoms with Crippen LogP contribution in [0.15, 0.2) is 58.8 Å². The van der Waals surface area contributed by atoms with Gasteiger partial charge in [-0.1, -0.05) is 29.8 Å². The SMILES string of the molecule is COc1cccc2c1c(NS(=O)(=O)c1ccc(Cl)s1)nn2Cc1cccc(OCCN(C)C)c1. The van der Waals surface area contributed by atoms with Crippen LogP contribution < -0.4 is 14.2 Å². The molecule has 8 nitrogen and oxygen atoms in total. The number of sulfonamides is 1. The minimum absolute atomic E-state index is 0.109. The molecular formula is C23H25ClN4O4S2. The lowest BCUT2D eigenvalue weighted by Gasteiger charge is -2.12. The van der Waals surface area contributed by atoms with E-state index >= 15 is 0 Å². The molecular weight excluding hydrogens is 496 g/mol. The maximum absolute atomic E-state index is 12.9. The van der Waals surface area contributed by atoms with Crippen molar-refractivity contribution in [2.75, 3.05) is 39.1 Å². The second kappa shape index (κ2) is 10.2. The Morgan fingerprint density at radius 3 is 2.65 bits per heavy atom. The summed E-state index contributed by atoms with van der Waals surface area (Å²) in [5.74, 6) is 1.48. The van der Waals surface area contributed by atoms with Crippen molar-refractivity contribution < 1.29 is 17.9 Å². The maximum atomic E-state index is 12.9. The monoisotopic (exact) mass is 520 g/mol. The van der Waals surface area contributed by atoms with Gasteiger partial charge in [0.25, 0.3) is 10.0 Å². The highest BCUT2D eigenvalue weighted by Crippen LogP contribution is 2.35. The van der Waals surface area contributed by atoms with Gasteiger partial charge in [-0.05, 0) is 56.1 Å². The van der Waals surface area contributed by atoms with E-state index < -0.39 is 10.0 Å². The number of methoxy groups -OCH3 is 1. The molecule has 34 heavy (non-hydrogen) atoms. The number of halogens is 1. The van der Waals surface area contributed by atoms with Crippen LogP contribution in [0.25, 0.3) is 10.9 Å². The zero-order chi connectivity index (χ0) is 24.3. The van der Waals surface area contributed by atoms with Crippen LogP contribution in [0.4, 0.5) is 5.82 Å². The molecule has 0 aliphatic carbocycles. The van der Waals surface area contributed by atoms with Gasteiger partial charge in [-0.3, -0.25) is 9.40 Å². The molecule has 11 heteroatoms. The first-order chi connectivity index (χ1) is 16.3. The number of likely N-dealkylation sites (N-methyl/N-ethyl adjacent to an activating group) is 1. The topological polar surface area (TPSA) is 85.7 Å². The Hall–Kier alpha value is -2.79. The zero-order valence-corrected chi connectivity index (χ0v) is 21.4. The van der Waals surface area contributed by atoms with Crippen LogP contribution in [-0.4, -0.2) is 57.5 Å². The minimum atomic E-state index is -3.86. The quantitative estimate of drug-likeness (QED) is 0.330. The summed E-state index contributed by atoms with van der Waals surface area (Å²) >= 11 is 6.92. The van der Waals surface area contributed by atoms with Crippen LogP contribution in [0.5, 0.6) is 11.5 Å². The lowest BCUT2D eigenvalue weighted by atomic mass is 10.2. The second-order valence-corrected chi connectivity index (χ2v) is 11.4. The average Bonchev–Trinajstić information content (AvgIpc) is 3.38. The smallest absolute Gasteiger partial charge is 0.272 e. The van der Waals surface area contributed by atoms with Crippen molar-refractivity contribution in [2.24, 2.45) is 0 Å². The molecule has 0 aliphatic heterocycles. The van der Waals surface area contributed by atoms with Gasteiger partial charge in [0.2, 0.25) is 0 Å². The third kappa shape index (κ3) is 5.47. The Labute approximate surface area is 207 Å². The number of hydrogen-bond donors (Lipinski definition) is 1. The third-order valence-corrected chi connectivity index (χ3v) is 8.10. The van der Waals surface area contributed by atoms with Crippen LogP contribution in [0.1, 0.15) is 5.56 Å². The van der Waals surface area contributed by atoms with Crippen molar-refractivity contribution in [2.45, 2.75) is 10.8 Å². The number of anilines is 1. The van der Waals surface area contributed by atoms with E-state index in [1.165, 1.54) is 13.2 Å².